The maximum atomic E-state index is 12.3. The number of pyridine rings is 1. The summed E-state index contributed by atoms with van der Waals surface area (Å²) in [7, 11) is 0. The number of fused-ring (bicyclic) bond motifs is 2. The molecule has 8 nitrogen and oxygen atoms in total. The van der Waals surface area contributed by atoms with Crippen LogP contribution in [0.5, 0.6) is 5.75 Å². The predicted molar refractivity (Wildman–Crippen MR) is 127 cm³/mol. The molecule has 33 heavy (non-hydrogen) atoms. The van der Waals surface area contributed by atoms with E-state index in [0.717, 1.165) is 49.3 Å². The molecular weight excluding hydrogens is 416 g/mol. The normalized spacial score (nSPS) is 20.1. The summed E-state index contributed by atoms with van der Waals surface area (Å²) in [6.45, 7) is 6.94. The van der Waals surface area contributed by atoms with Crippen LogP contribution in [-0.2, 0) is 12.0 Å². The van der Waals surface area contributed by atoms with Crippen molar-refractivity contribution in [3.05, 3.63) is 59.9 Å². The minimum Gasteiger partial charge on any atom is -0.482 e. The van der Waals surface area contributed by atoms with Gasteiger partial charge in [-0.25, -0.2) is 9.78 Å². The molecule has 1 unspecified atom stereocenters. The fraction of sp³-hybridized carbons (Fsp3) is 0.400. The SMILES string of the molecule is CCNC(=O)N1CC[C@@]2(CCn3nc(-c4cnc(N)c(OC(C)c5ccccc5)c4)cc32)C1. The highest BCUT2D eigenvalue weighted by atomic mass is 16.5. The van der Waals surface area contributed by atoms with Crippen LogP contribution in [0.25, 0.3) is 11.3 Å². The highest BCUT2D eigenvalue weighted by molar-refractivity contribution is 5.75. The molecule has 0 radical (unpaired) electrons. The van der Waals surface area contributed by atoms with Gasteiger partial charge in [0.05, 0.1) is 5.69 Å². The zero-order chi connectivity index (χ0) is 23.0. The fourth-order valence-electron chi connectivity index (χ4n) is 5.00. The molecule has 2 atom stereocenters. The number of nitrogens with two attached hydrogens (primary N) is 1. The van der Waals surface area contributed by atoms with Gasteiger partial charge in [0.15, 0.2) is 11.6 Å². The van der Waals surface area contributed by atoms with Crippen molar-refractivity contribution in [2.24, 2.45) is 0 Å². The Morgan fingerprint density at radius 1 is 1.24 bits per heavy atom. The van der Waals surface area contributed by atoms with E-state index in [1.165, 1.54) is 5.69 Å². The van der Waals surface area contributed by atoms with Crippen LogP contribution in [0.15, 0.2) is 48.7 Å². The molecule has 2 amide bonds. The quantitative estimate of drug-likeness (QED) is 0.622. The number of anilines is 1. The highest BCUT2D eigenvalue weighted by Crippen LogP contribution is 2.44. The summed E-state index contributed by atoms with van der Waals surface area (Å²) >= 11 is 0. The van der Waals surface area contributed by atoms with Gasteiger partial charge in [0.1, 0.15) is 6.10 Å². The first-order valence-electron chi connectivity index (χ1n) is 11.6. The highest BCUT2D eigenvalue weighted by Gasteiger charge is 2.46. The summed E-state index contributed by atoms with van der Waals surface area (Å²) in [5.74, 6) is 0.910. The van der Waals surface area contributed by atoms with Crippen molar-refractivity contribution < 1.29 is 9.53 Å². The third-order valence-electron chi connectivity index (χ3n) is 6.84. The summed E-state index contributed by atoms with van der Waals surface area (Å²) in [6, 6.07) is 14.1. The van der Waals surface area contributed by atoms with E-state index in [1.54, 1.807) is 6.20 Å². The lowest BCUT2D eigenvalue weighted by Gasteiger charge is -2.23. The second-order valence-corrected chi connectivity index (χ2v) is 8.95. The van der Waals surface area contributed by atoms with Gasteiger partial charge in [0.25, 0.3) is 0 Å². The summed E-state index contributed by atoms with van der Waals surface area (Å²) in [5.41, 5.74) is 10.1. The van der Waals surface area contributed by atoms with E-state index in [1.807, 2.05) is 55.1 Å². The van der Waals surface area contributed by atoms with Gasteiger partial charge in [0, 0.05) is 49.0 Å². The molecule has 0 aliphatic carbocycles. The number of carbonyl (C=O) groups excluding carboxylic acids is 1. The first kappa shape index (κ1) is 21.3. The Morgan fingerprint density at radius 3 is 2.82 bits per heavy atom. The van der Waals surface area contributed by atoms with E-state index in [9.17, 15) is 4.79 Å². The van der Waals surface area contributed by atoms with Crippen LogP contribution in [0, 0.1) is 0 Å². The molecule has 1 aromatic carbocycles. The standard InChI is InChI=1S/C25H30N6O2/c1-3-27-24(32)30-11-9-25(16-30)10-12-31-22(25)14-20(29-31)19-13-21(23(26)28-15-19)33-17(2)18-7-5-4-6-8-18/h4-8,13-15,17H,3,9-12,16H2,1-2H3,(H2,26,28)(H,27,32)/t17?,25-/m1/s1. The van der Waals surface area contributed by atoms with Gasteiger partial charge in [0.2, 0.25) is 0 Å². The van der Waals surface area contributed by atoms with Crippen LogP contribution in [0.4, 0.5) is 10.6 Å². The molecule has 172 valence electrons. The molecule has 2 aliphatic rings. The topological polar surface area (TPSA) is 98.3 Å². The maximum Gasteiger partial charge on any atom is 0.317 e. The molecule has 4 heterocycles. The third-order valence-corrected chi connectivity index (χ3v) is 6.84. The van der Waals surface area contributed by atoms with E-state index in [-0.39, 0.29) is 17.6 Å². The van der Waals surface area contributed by atoms with Gasteiger partial charge < -0.3 is 20.7 Å². The first-order chi connectivity index (χ1) is 16.0. The van der Waals surface area contributed by atoms with Crippen LogP contribution < -0.4 is 15.8 Å². The van der Waals surface area contributed by atoms with Gasteiger partial charge in [-0.15, -0.1) is 0 Å². The molecule has 2 aliphatic heterocycles. The average Bonchev–Trinajstić information content (AvgIpc) is 3.53. The Hall–Kier alpha value is -3.55. The van der Waals surface area contributed by atoms with Crippen molar-refractivity contribution in [2.75, 3.05) is 25.4 Å². The van der Waals surface area contributed by atoms with Gasteiger partial charge in [-0.05, 0) is 44.4 Å². The zero-order valence-corrected chi connectivity index (χ0v) is 19.1. The molecule has 2 aromatic heterocycles. The summed E-state index contributed by atoms with van der Waals surface area (Å²) in [6.07, 6.45) is 3.56. The van der Waals surface area contributed by atoms with Crippen molar-refractivity contribution >= 4 is 11.8 Å². The van der Waals surface area contributed by atoms with Crippen molar-refractivity contribution in [1.29, 1.82) is 0 Å². The predicted octanol–water partition coefficient (Wildman–Crippen LogP) is 3.74. The molecule has 3 aromatic rings. The number of amides is 2. The van der Waals surface area contributed by atoms with Crippen LogP contribution in [0.3, 0.4) is 0 Å². The average molecular weight is 447 g/mol. The maximum absolute atomic E-state index is 12.3. The van der Waals surface area contributed by atoms with Gasteiger partial charge in [-0.1, -0.05) is 30.3 Å². The fourth-order valence-corrected chi connectivity index (χ4v) is 5.00. The number of aromatic nitrogens is 3. The number of aryl methyl sites for hydroxylation is 1. The van der Waals surface area contributed by atoms with Gasteiger partial charge >= 0.3 is 6.03 Å². The minimum absolute atomic E-state index is 0.0182. The second-order valence-electron chi connectivity index (χ2n) is 8.95. The molecule has 1 spiro atoms. The Bertz CT molecular complexity index is 1160. The van der Waals surface area contributed by atoms with Crippen LogP contribution in [0.1, 0.15) is 44.1 Å². The lowest BCUT2D eigenvalue weighted by molar-refractivity contribution is 0.206. The second kappa shape index (κ2) is 8.42. The van der Waals surface area contributed by atoms with Crippen molar-refractivity contribution in [2.45, 2.75) is 44.8 Å². The lowest BCUT2D eigenvalue weighted by Crippen LogP contribution is -2.40. The Labute approximate surface area is 193 Å². The van der Waals surface area contributed by atoms with Crippen molar-refractivity contribution in [1.82, 2.24) is 25.0 Å². The summed E-state index contributed by atoms with van der Waals surface area (Å²) < 4.78 is 8.24. The van der Waals surface area contributed by atoms with Crippen molar-refractivity contribution in [3.63, 3.8) is 0 Å². The number of rotatable bonds is 5. The number of hydrogen-bond donors (Lipinski definition) is 2. The monoisotopic (exact) mass is 446 g/mol. The number of nitrogens with zero attached hydrogens (tertiary/aromatic N) is 4. The largest absolute Gasteiger partial charge is 0.482 e. The summed E-state index contributed by atoms with van der Waals surface area (Å²) in [5, 5.41) is 7.77. The van der Waals surface area contributed by atoms with E-state index in [0.29, 0.717) is 18.1 Å². The number of nitrogen functional groups attached to an aromatic ring is 1. The number of likely N-dealkylation sites (tertiary alicyclic amines) is 1. The Kier molecular flexibility index (Phi) is 5.44. The van der Waals surface area contributed by atoms with Gasteiger partial charge in [-0.3, -0.25) is 4.68 Å². The zero-order valence-electron chi connectivity index (χ0n) is 19.1. The van der Waals surface area contributed by atoms with Crippen LogP contribution >= 0.6 is 0 Å². The summed E-state index contributed by atoms with van der Waals surface area (Å²) in [4.78, 5) is 18.6. The first-order valence-corrected chi connectivity index (χ1v) is 11.6. The number of urea groups is 1. The van der Waals surface area contributed by atoms with E-state index in [2.05, 4.69) is 21.0 Å². The third kappa shape index (κ3) is 3.90. The molecule has 1 fully saturated rings. The molecule has 0 bridgehead atoms. The smallest absolute Gasteiger partial charge is 0.317 e. The van der Waals surface area contributed by atoms with E-state index >= 15 is 0 Å². The number of hydrogen-bond acceptors (Lipinski definition) is 5. The molecule has 0 saturated carbocycles. The molecule has 1 saturated heterocycles. The molecular formula is C25H30N6O2. The van der Waals surface area contributed by atoms with Crippen LogP contribution in [0.2, 0.25) is 0 Å². The van der Waals surface area contributed by atoms with E-state index < -0.39 is 0 Å². The number of nitrogens with one attached hydrogen (secondary N) is 1. The molecule has 5 rings (SSSR count). The Balaban J connectivity index is 1.38. The minimum atomic E-state index is -0.153. The van der Waals surface area contributed by atoms with Crippen LogP contribution in [-0.4, -0.2) is 45.3 Å². The van der Waals surface area contributed by atoms with Gasteiger partial charge in [-0.2, -0.15) is 5.10 Å². The molecule has 3 N–H and O–H groups in total. The Morgan fingerprint density at radius 2 is 2.03 bits per heavy atom. The number of ether oxygens (including phenoxy) is 1. The number of carbonyl (C=O) groups is 1. The lowest BCUT2D eigenvalue weighted by atomic mass is 9.82. The molecule has 8 heteroatoms. The van der Waals surface area contributed by atoms with Crippen molar-refractivity contribution in [3.8, 4) is 17.0 Å². The number of benzene rings is 1. The van der Waals surface area contributed by atoms with E-state index in [4.69, 9.17) is 15.6 Å².